The Morgan fingerprint density at radius 1 is 1.35 bits per heavy atom. The summed E-state index contributed by atoms with van der Waals surface area (Å²) < 4.78 is 1.09. The van der Waals surface area contributed by atoms with Crippen LogP contribution in [0.4, 0.5) is 0 Å². The monoisotopic (exact) mass is 349 g/mol. The molecule has 4 heteroatoms. The molecule has 0 bridgehead atoms. The molecule has 0 radical (unpaired) electrons. The zero-order chi connectivity index (χ0) is 14.1. The van der Waals surface area contributed by atoms with Crippen LogP contribution >= 0.6 is 27.3 Å². The average Bonchev–Trinajstić information content (AvgIpc) is 3.03. The smallest absolute Gasteiger partial charge is 0.226 e. The third-order valence-corrected chi connectivity index (χ3v) is 5.47. The van der Waals surface area contributed by atoms with Crippen LogP contribution in [0.25, 0.3) is 0 Å². The lowest BCUT2D eigenvalue weighted by Gasteiger charge is -2.20. The van der Waals surface area contributed by atoms with Gasteiger partial charge in [0.05, 0.1) is 6.54 Å². The molecule has 1 aromatic carbocycles. The predicted octanol–water partition coefficient (Wildman–Crippen LogP) is 3.88. The third kappa shape index (κ3) is 2.81. The minimum Gasteiger partial charge on any atom is -0.340 e. The fourth-order valence-electron chi connectivity index (χ4n) is 2.79. The lowest BCUT2D eigenvalue weighted by molar-refractivity contribution is -0.134. The van der Waals surface area contributed by atoms with Gasteiger partial charge in [-0.2, -0.15) is 0 Å². The number of nitrogens with zero attached hydrogens (tertiary/aromatic N) is 1. The molecular weight excluding hydrogens is 334 g/mol. The highest BCUT2D eigenvalue weighted by molar-refractivity contribution is 9.10. The number of amides is 1. The summed E-state index contributed by atoms with van der Waals surface area (Å²) in [5.74, 6) is 0.367. The second-order valence-electron chi connectivity index (χ2n) is 5.30. The molecule has 0 saturated heterocycles. The van der Waals surface area contributed by atoms with Crippen molar-refractivity contribution in [2.45, 2.75) is 19.4 Å². The van der Waals surface area contributed by atoms with E-state index in [1.807, 2.05) is 11.9 Å². The molecule has 1 aromatic heterocycles. The largest absolute Gasteiger partial charge is 0.340 e. The second-order valence-corrected chi connectivity index (χ2v) is 7.21. The standard InChI is InChI=1S/C16H16BrNOS/c1-18(9-15-8-14(17)10-20-15)16(19)13-6-11-4-2-3-5-12(11)7-13/h2-5,8,10,13H,6-7,9H2,1H3. The summed E-state index contributed by atoms with van der Waals surface area (Å²) in [6, 6.07) is 10.5. The molecule has 1 aliphatic carbocycles. The zero-order valence-electron chi connectivity index (χ0n) is 11.3. The number of hydrogen-bond acceptors (Lipinski definition) is 2. The Morgan fingerprint density at radius 2 is 2.00 bits per heavy atom. The molecule has 0 atom stereocenters. The van der Waals surface area contributed by atoms with Gasteiger partial charge in [-0.1, -0.05) is 24.3 Å². The Morgan fingerprint density at radius 3 is 2.55 bits per heavy atom. The molecule has 1 heterocycles. The molecule has 2 nitrogen and oxygen atoms in total. The number of fused-ring (bicyclic) bond motifs is 1. The first-order chi connectivity index (χ1) is 9.63. The Kier molecular flexibility index (Phi) is 3.94. The number of rotatable bonds is 3. The first-order valence-electron chi connectivity index (χ1n) is 6.68. The van der Waals surface area contributed by atoms with Crippen LogP contribution in [0.5, 0.6) is 0 Å². The van der Waals surface area contributed by atoms with E-state index in [4.69, 9.17) is 0 Å². The molecular formula is C16H16BrNOS. The SMILES string of the molecule is CN(Cc1cc(Br)cs1)C(=O)C1Cc2ccccc2C1. The summed E-state index contributed by atoms with van der Waals surface area (Å²) in [5, 5.41) is 2.05. The summed E-state index contributed by atoms with van der Waals surface area (Å²) in [6.07, 6.45) is 1.76. The molecule has 3 rings (SSSR count). The quantitative estimate of drug-likeness (QED) is 0.823. The summed E-state index contributed by atoms with van der Waals surface area (Å²) in [5.41, 5.74) is 2.66. The Labute approximate surface area is 131 Å². The summed E-state index contributed by atoms with van der Waals surface area (Å²) in [6.45, 7) is 0.696. The van der Waals surface area contributed by atoms with Gasteiger partial charge in [0.2, 0.25) is 5.91 Å². The van der Waals surface area contributed by atoms with E-state index in [1.165, 1.54) is 16.0 Å². The molecule has 0 saturated carbocycles. The van der Waals surface area contributed by atoms with E-state index in [9.17, 15) is 4.79 Å². The second kappa shape index (κ2) is 5.70. The van der Waals surface area contributed by atoms with Gasteiger partial charge in [-0.15, -0.1) is 11.3 Å². The Bertz CT molecular complexity index is 612. The van der Waals surface area contributed by atoms with Gasteiger partial charge in [0, 0.05) is 27.7 Å². The normalized spacial score (nSPS) is 14.3. The van der Waals surface area contributed by atoms with Crippen molar-refractivity contribution in [2.24, 2.45) is 5.92 Å². The van der Waals surface area contributed by atoms with Crippen molar-refractivity contribution in [3.63, 3.8) is 0 Å². The summed E-state index contributed by atoms with van der Waals surface area (Å²) >= 11 is 5.14. The minimum atomic E-state index is 0.112. The topological polar surface area (TPSA) is 20.3 Å². The van der Waals surface area contributed by atoms with Gasteiger partial charge >= 0.3 is 0 Å². The lowest BCUT2D eigenvalue weighted by Crippen LogP contribution is -2.32. The Hall–Kier alpha value is -1.13. The van der Waals surface area contributed by atoms with Gasteiger partial charge in [-0.25, -0.2) is 0 Å². The van der Waals surface area contributed by atoms with Crippen LogP contribution in [0.15, 0.2) is 40.2 Å². The zero-order valence-corrected chi connectivity index (χ0v) is 13.7. The molecule has 0 unspecified atom stereocenters. The van der Waals surface area contributed by atoms with Crippen molar-refractivity contribution in [2.75, 3.05) is 7.05 Å². The van der Waals surface area contributed by atoms with Gasteiger partial charge < -0.3 is 4.90 Å². The van der Waals surface area contributed by atoms with Crippen molar-refractivity contribution in [1.82, 2.24) is 4.90 Å². The van der Waals surface area contributed by atoms with Crippen molar-refractivity contribution < 1.29 is 4.79 Å². The van der Waals surface area contributed by atoms with Gasteiger partial charge in [-0.3, -0.25) is 4.79 Å². The first kappa shape index (κ1) is 13.8. The highest BCUT2D eigenvalue weighted by Gasteiger charge is 2.29. The summed E-state index contributed by atoms with van der Waals surface area (Å²) in [4.78, 5) is 15.6. The summed E-state index contributed by atoms with van der Waals surface area (Å²) in [7, 11) is 1.90. The number of carbonyl (C=O) groups is 1. The number of thiophene rings is 1. The van der Waals surface area contributed by atoms with E-state index in [2.05, 4.69) is 51.6 Å². The number of halogens is 1. The van der Waals surface area contributed by atoms with E-state index in [0.717, 1.165) is 17.3 Å². The van der Waals surface area contributed by atoms with Crippen LogP contribution in [0.2, 0.25) is 0 Å². The maximum atomic E-state index is 12.5. The molecule has 0 aliphatic heterocycles. The van der Waals surface area contributed by atoms with Crippen LogP contribution in [0.1, 0.15) is 16.0 Å². The van der Waals surface area contributed by atoms with Crippen LogP contribution in [0.3, 0.4) is 0 Å². The van der Waals surface area contributed by atoms with Crippen molar-refractivity contribution in [3.8, 4) is 0 Å². The molecule has 1 aliphatic rings. The maximum Gasteiger partial charge on any atom is 0.226 e. The van der Waals surface area contributed by atoms with E-state index in [-0.39, 0.29) is 11.8 Å². The fraction of sp³-hybridized carbons (Fsp3) is 0.312. The number of carbonyl (C=O) groups excluding carboxylic acids is 1. The number of benzene rings is 1. The third-order valence-electron chi connectivity index (χ3n) is 3.79. The van der Waals surface area contributed by atoms with Crippen molar-refractivity contribution >= 4 is 33.2 Å². The molecule has 0 N–H and O–H groups in total. The van der Waals surface area contributed by atoms with E-state index in [1.54, 1.807) is 11.3 Å². The molecule has 1 amide bonds. The van der Waals surface area contributed by atoms with Crippen LogP contribution in [0, 0.1) is 5.92 Å². The van der Waals surface area contributed by atoms with E-state index >= 15 is 0 Å². The van der Waals surface area contributed by atoms with Crippen LogP contribution < -0.4 is 0 Å². The molecule has 2 aromatic rings. The highest BCUT2D eigenvalue weighted by Crippen LogP contribution is 2.28. The van der Waals surface area contributed by atoms with Crippen molar-refractivity contribution in [1.29, 1.82) is 0 Å². The van der Waals surface area contributed by atoms with E-state index < -0.39 is 0 Å². The lowest BCUT2D eigenvalue weighted by atomic mass is 10.1. The molecule has 20 heavy (non-hydrogen) atoms. The van der Waals surface area contributed by atoms with Crippen molar-refractivity contribution in [3.05, 3.63) is 56.2 Å². The maximum absolute atomic E-state index is 12.5. The highest BCUT2D eigenvalue weighted by atomic mass is 79.9. The van der Waals surface area contributed by atoms with E-state index in [0.29, 0.717) is 6.54 Å². The molecule has 0 fully saturated rings. The van der Waals surface area contributed by atoms with Gasteiger partial charge in [0.15, 0.2) is 0 Å². The van der Waals surface area contributed by atoms with Gasteiger partial charge in [0.25, 0.3) is 0 Å². The van der Waals surface area contributed by atoms with Gasteiger partial charge in [-0.05, 0) is 46.0 Å². The molecule has 104 valence electrons. The van der Waals surface area contributed by atoms with Crippen LogP contribution in [-0.4, -0.2) is 17.9 Å². The van der Waals surface area contributed by atoms with Gasteiger partial charge in [0.1, 0.15) is 0 Å². The first-order valence-corrected chi connectivity index (χ1v) is 8.35. The Balaban J connectivity index is 1.65. The average molecular weight is 350 g/mol. The minimum absolute atomic E-state index is 0.112. The fourth-order valence-corrected chi connectivity index (χ4v) is 4.30. The number of hydrogen-bond donors (Lipinski definition) is 0. The van der Waals surface area contributed by atoms with Crippen LogP contribution in [-0.2, 0) is 24.2 Å². The predicted molar refractivity (Wildman–Crippen MR) is 85.8 cm³/mol. The molecule has 0 spiro atoms.